The smallest absolute Gasteiger partial charge is 0.356 e. The molecule has 1 aromatic heterocycles. The van der Waals surface area contributed by atoms with Gasteiger partial charge in [-0.1, -0.05) is 37.3 Å². The van der Waals surface area contributed by atoms with Crippen LogP contribution in [0.2, 0.25) is 0 Å². The van der Waals surface area contributed by atoms with E-state index in [1.165, 1.54) is 0 Å². The molecule has 7 heteroatoms. The Balaban J connectivity index is 1.61. The van der Waals surface area contributed by atoms with E-state index in [4.69, 9.17) is 9.47 Å². The first kappa shape index (κ1) is 19.2. The number of hydrogen-bond acceptors (Lipinski definition) is 5. The van der Waals surface area contributed by atoms with Crippen molar-refractivity contribution in [3.63, 3.8) is 0 Å². The number of nitrogens with zero attached hydrogens (tertiary/aromatic N) is 1. The molecule has 2 N–H and O–H groups in total. The monoisotopic (exact) mass is 379 g/mol. The minimum absolute atomic E-state index is 0.0932. The highest BCUT2D eigenvalue weighted by Crippen LogP contribution is 2.22. The van der Waals surface area contributed by atoms with Crippen LogP contribution in [0.5, 0.6) is 5.75 Å². The van der Waals surface area contributed by atoms with Crippen molar-refractivity contribution in [1.82, 2.24) is 10.2 Å². The first-order valence-electron chi connectivity index (χ1n) is 8.96. The standard InChI is InChI=1S/C21H21N3O4/c1-2-11-27-21(26)19-13-18(23-24-19)15-7-6-8-16(12-15)22-20(25)14-28-17-9-4-3-5-10-17/h3-10,12-13H,2,11,14H2,1H3,(H,22,25)(H,23,24). The lowest BCUT2D eigenvalue weighted by atomic mass is 10.1. The van der Waals surface area contributed by atoms with Crippen LogP contribution in [0.3, 0.4) is 0 Å². The third kappa shape index (κ3) is 5.20. The molecule has 0 spiro atoms. The van der Waals surface area contributed by atoms with E-state index >= 15 is 0 Å². The van der Waals surface area contributed by atoms with E-state index in [1.54, 1.807) is 36.4 Å². The van der Waals surface area contributed by atoms with Gasteiger partial charge in [-0.05, 0) is 36.8 Å². The summed E-state index contributed by atoms with van der Waals surface area (Å²) < 4.78 is 10.5. The minimum atomic E-state index is -0.442. The largest absolute Gasteiger partial charge is 0.484 e. The Morgan fingerprint density at radius 3 is 2.68 bits per heavy atom. The number of ether oxygens (including phenoxy) is 2. The topological polar surface area (TPSA) is 93.3 Å². The molecule has 3 aromatic rings. The highest BCUT2D eigenvalue weighted by atomic mass is 16.5. The van der Waals surface area contributed by atoms with Gasteiger partial charge in [-0.15, -0.1) is 0 Å². The second-order valence-electron chi connectivity index (χ2n) is 6.03. The molecular weight excluding hydrogens is 358 g/mol. The van der Waals surface area contributed by atoms with E-state index in [9.17, 15) is 9.59 Å². The van der Waals surface area contributed by atoms with Crippen molar-refractivity contribution in [1.29, 1.82) is 0 Å². The summed E-state index contributed by atoms with van der Waals surface area (Å²) in [5.74, 6) is -0.0830. The molecule has 1 heterocycles. The molecule has 0 fully saturated rings. The maximum absolute atomic E-state index is 12.1. The van der Waals surface area contributed by atoms with Crippen LogP contribution in [0.15, 0.2) is 60.7 Å². The van der Waals surface area contributed by atoms with Gasteiger partial charge in [0.2, 0.25) is 0 Å². The van der Waals surface area contributed by atoms with Gasteiger partial charge in [0.1, 0.15) is 11.4 Å². The van der Waals surface area contributed by atoms with Crippen molar-refractivity contribution in [2.45, 2.75) is 13.3 Å². The first-order chi connectivity index (χ1) is 13.7. The van der Waals surface area contributed by atoms with E-state index in [0.717, 1.165) is 12.0 Å². The normalized spacial score (nSPS) is 10.3. The summed E-state index contributed by atoms with van der Waals surface area (Å²) in [6, 6.07) is 17.9. The Morgan fingerprint density at radius 2 is 1.89 bits per heavy atom. The summed E-state index contributed by atoms with van der Waals surface area (Å²) >= 11 is 0. The fourth-order valence-corrected chi connectivity index (χ4v) is 2.47. The molecule has 0 radical (unpaired) electrons. The number of H-pyrrole nitrogens is 1. The summed E-state index contributed by atoms with van der Waals surface area (Å²) in [6.07, 6.45) is 0.752. The van der Waals surface area contributed by atoms with Crippen LogP contribution in [0.25, 0.3) is 11.3 Å². The third-order valence-corrected chi connectivity index (χ3v) is 3.79. The van der Waals surface area contributed by atoms with Gasteiger partial charge in [-0.25, -0.2) is 4.79 Å². The fourth-order valence-electron chi connectivity index (χ4n) is 2.47. The predicted octanol–water partition coefficient (Wildman–Crippen LogP) is 3.66. The number of carbonyl (C=O) groups is 2. The van der Waals surface area contributed by atoms with Crippen LogP contribution in [0.4, 0.5) is 5.69 Å². The average molecular weight is 379 g/mol. The zero-order chi connectivity index (χ0) is 19.8. The molecular formula is C21H21N3O4. The number of esters is 1. The Bertz CT molecular complexity index is 938. The Labute approximate surface area is 162 Å². The summed E-state index contributed by atoms with van der Waals surface area (Å²) in [6.45, 7) is 2.19. The molecule has 2 aromatic carbocycles. The number of aromatic amines is 1. The van der Waals surface area contributed by atoms with E-state index in [0.29, 0.717) is 23.7 Å². The van der Waals surface area contributed by atoms with Crippen LogP contribution in [0, 0.1) is 0 Å². The number of para-hydroxylation sites is 1. The van der Waals surface area contributed by atoms with Gasteiger partial charge in [0, 0.05) is 11.3 Å². The average Bonchev–Trinajstić information content (AvgIpc) is 3.22. The molecule has 0 atom stereocenters. The molecule has 0 aliphatic rings. The van der Waals surface area contributed by atoms with Gasteiger partial charge in [-0.2, -0.15) is 5.10 Å². The molecule has 7 nitrogen and oxygen atoms in total. The highest BCUT2D eigenvalue weighted by Gasteiger charge is 2.13. The molecule has 144 valence electrons. The van der Waals surface area contributed by atoms with E-state index in [2.05, 4.69) is 15.5 Å². The zero-order valence-corrected chi connectivity index (χ0v) is 15.5. The lowest BCUT2D eigenvalue weighted by Crippen LogP contribution is -2.20. The maximum atomic E-state index is 12.1. The van der Waals surface area contributed by atoms with Gasteiger partial charge < -0.3 is 14.8 Å². The lowest BCUT2D eigenvalue weighted by Gasteiger charge is -2.08. The molecule has 3 rings (SSSR count). The Morgan fingerprint density at radius 1 is 1.07 bits per heavy atom. The number of benzene rings is 2. The van der Waals surface area contributed by atoms with Crippen molar-refractivity contribution in [2.75, 3.05) is 18.5 Å². The van der Waals surface area contributed by atoms with Crippen LogP contribution >= 0.6 is 0 Å². The fraction of sp³-hybridized carbons (Fsp3) is 0.190. The number of hydrogen-bond donors (Lipinski definition) is 2. The van der Waals surface area contributed by atoms with Crippen LogP contribution in [0.1, 0.15) is 23.8 Å². The third-order valence-electron chi connectivity index (χ3n) is 3.79. The van der Waals surface area contributed by atoms with E-state index < -0.39 is 5.97 Å². The molecule has 0 aliphatic carbocycles. The van der Waals surface area contributed by atoms with E-state index in [1.807, 2.05) is 31.2 Å². The molecule has 0 aliphatic heterocycles. The van der Waals surface area contributed by atoms with Crippen molar-refractivity contribution < 1.29 is 19.1 Å². The minimum Gasteiger partial charge on any atom is -0.484 e. The van der Waals surface area contributed by atoms with Gasteiger partial charge in [-0.3, -0.25) is 9.89 Å². The number of carbonyl (C=O) groups excluding carboxylic acids is 2. The van der Waals surface area contributed by atoms with Crippen LogP contribution < -0.4 is 10.1 Å². The van der Waals surface area contributed by atoms with Gasteiger partial charge in [0.15, 0.2) is 6.61 Å². The summed E-state index contributed by atoms with van der Waals surface area (Å²) in [5.41, 5.74) is 2.24. The number of nitrogens with one attached hydrogen (secondary N) is 2. The molecule has 0 unspecified atom stereocenters. The van der Waals surface area contributed by atoms with Crippen LogP contribution in [-0.2, 0) is 9.53 Å². The summed E-state index contributed by atoms with van der Waals surface area (Å²) in [7, 11) is 0. The van der Waals surface area contributed by atoms with Crippen LogP contribution in [-0.4, -0.2) is 35.3 Å². The van der Waals surface area contributed by atoms with Gasteiger partial charge in [0.05, 0.1) is 12.3 Å². The molecule has 0 saturated carbocycles. The lowest BCUT2D eigenvalue weighted by molar-refractivity contribution is -0.118. The number of anilines is 1. The Kier molecular flexibility index (Phi) is 6.41. The SMILES string of the molecule is CCCOC(=O)c1cc(-c2cccc(NC(=O)COc3ccccc3)c2)n[nH]1. The Hall–Kier alpha value is -3.61. The summed E-state index contributed by atoms with van der Waals surface area (Å²) in [4.78, 5) is 24.0. The van der Waals surface area contributed by atoms with E-state index in [-0.39, 0.29) is 18.2 Å². The van der Waals surface area contributed by atoms with Crippen molar-refractivity contribution in [3.8, 4) is 17.0 Å². The highest BCUT2D eigenvalue weighted by molar-refractivity contribution is 5.93. The van der Waals surface area contributed by atoms with Crippen molar-refractivity contribution in [2.24, 2.45) is 0 Å². The number of aromatic nitrogens is 2. The predicted molar refractivity (Wildman–Crippen MR) is 105 cm³/mol. The second kappa shape index (κ2) is 9.36. The first-order valence-corrected chi connectivity index (χ1v) is 8.96. The van der Waals surface area contributed by atoms with Gasteiger partial charge in [0.25, 0.3) is 5.91 Å². The molecule has 0 bridgehead atoms. The number of amides is 1. The maximum Gasteiger partial charge on any atom is 0.356 e. The number of rotatable bonds is 8. The van der Waals surface area contributed by atoms with Crippen molar-refractivity contribution in [3.05, 3.63) is 66.4 Å². The quantitative estimate of drug-likeness (QED) is 0.583. The zero-order valence-electron chi connectivity index (χ0n) is 15.5. The van der Waals surface area contributed by atoms with Gasteiger partial charge >= 0.3 is 5.97 Å². The van der Waals surface area contributed by atoms with Crippen molar-refractivity contribution >= 4 is 17.6 Å². The molecule has 28 heavy (non-hydrogen) atoms. The molecule has 1 amide bonds. The summed E-state index contributed by atoms with van der Waals surface area (Å²) in [5, 5.41) is 9.61. The second-order valence-corrected chi connectivity index (χ2v) is 6.03. The molecule has 0 saturated heterocycles.